The molecule has 0 aromatic rings. The Hall–Kier alpha value is -0.590. The van der Waals surface area contributed by atoms with Crippen LogP contribution < -0.4 is 0 Å². The minimum Gasteiger partial charge on any atom is -0.295 e. The molecule has 0 N–H and O–H groups in total. The van der Waals surface area contributed by atoms with Gasteiger partial charge in [-0.2, -0.15) is 0 Å². The molecule has 84 valence electrons. The maximum Gasteiger partial charge on any atom is 0.155 e. The van der Waals surface area contributed by atoms with Gasteiger partial charge >= 0.3 is 0 Å². The van der Waals surface area contributed by atoms with E-state index in [1.54, 1.807) is 0 Å². The summed E-state index contributed by atoms with van der Waals surface area (Å²) in [6, 6.07) is 0. The summed E-state index contributed by atoms with van der Waals surface area (Å²) in [5.41, 5.74) is 1.71. The molecule has 2 atom stereocenters. The Morgan fingerprint density at radius 3 is 2.73 bits per heavy atom. The summed E-state index contributed by atoms with van der Waals surface area (Å²) in [4.78, 5) is 11.5. The lowest BCUT2D eigenvalue weighted by molar-refractivity contribution is -0.115. The number of hydrogen-bond donors (Lipinski definition) is 0. The molecule has 0 aromatic heterocycles. The summed E-state index contributed by atoms with van der Waals surface area (Å²) in [6.45, 7) is 6.94. The Morgan fingerprint density at radius 2 is 2.07 bits per heavy atom. The molecule has 0 radical (unpaired) electrons. The molecule has 0 aromatic carbocycles. The molecule has 1 nitrogen and oxygen atoms in total. The van der Waals surface area contributed by atoms with E-state index in [1.807, 2.05) is 6.08 Å². The first-order valence-electron chi connectivity index (χ1n) is 6.30. The predicted molar refractivity (Wildman–Crippen MR) is 62.6 cm³/mol. The number of hydrogen-bond acceptors (Lipinski definition) is 1. The van der Waals surface area contributed by atoms with Gasteiger partial charge in [0.25, 0.3) is 0 Å². The number of rotatable bonds is 1. The third-order valence-corrected chi connectivity index (χ3v) is 4.62. The predicted octanol–water partition coefficient (Wildman–Crippen LogP) is 3.74. The molecular formula is C14H22O. The summed E-state index contributed by atoms with van der Waals surface area (Å²) in [6.07, 6.45) is 7.74. The van der Waals surface area contributed by atoms with Gasteiger partial charge in [0.2, 0.25) is 0 Å². The van der Waals surface area contributed by atoms with E-state index in [0.29, 0.717) is 11.7 Å². The number of fused-ring (bicyclic) bond motifs is 1. The van der Waals surface area contributed by atoms with Crippen LogP contribution in [0, 0.1) is 17.3 Å². The normalized spacial score (nSPS) is 34.6. The second-order valence-electron chi connectivity index (χ2n) is 5.71. The van der Waals surface area contributed by atoms with Crippen LogP contribution in [0.3, 0.4) is 0 Å². The molecule has 0 aliphatic heterocycles. The van der Waals surface area contributed by atoms with Crippen molar-refractivity contribution >= 4 is 5.78 Å². The third-order valence-electron chi connectivity index (χ3n) is 4.62. The Morgan fingerprint density at radius 1 is 1.33 bits per heavy atom. The highest BCUT2D eigenvalue weighted by molar-refractivity contribution is 5.91. The van der Waals surface area contributed by atoms with Gasteiger partial charge in [-0.05, 0) is 42.6 Å². The maximum absolute atomic E-state index is 11.5. The van der Waals surface area contributed by atoms with Gasteiger partial charge in [0.05, 0.1) is 0 Å². The van der Waals surface area contributed by atoms with E-state index < -0.39 is 0 Å². The Kier molecular flexibility index (Phi) is 2.74. The van der Waals surface area contributed by atoms with Gasteiger partial charge in [-0.15, -0.1) is 0 Å². The highest BCUT2D eigenvalue weighted by Gasteiger charge is 2.41. The molecule has 0 amide bonds. The fourth-order valence-electron chi connectivity index (χ4n) is 3.56. The van der Waals surface area contributed by atoms with Crippen molar-refractivity contribution in [3.63, 3.8) is 0 Å². The number of carbonyl (C=O) groups excluding carboxylic acids is 1. The van der Waals surface area contributed by atoms with Crippen molar-refractivity contribution in [3.8, 4) is 0 Å². The topological polar surface area (TPSA) is 17.1 Å². The molecule has 1 saturated carbocycles. The van der Waals surface area contributed by atoms with Gasteiger partial charge in [-0.3, -0.25) is 4.79 Å². The summed E-state index contributed by atoms with van der Waals surface area (Å²) in [5.74, 6) is 1.83. The van der Waals surface area contributed by atoms with Gasteiger partial charge in [0.15, 0.2) is 5.78 Å². The van der Waals surface area contributed by atoms with Gasteiger partial charge in [-0.25, -0.2) is 0 Å². The zero-order chi connectivity index (χ0) is 11.1. The van der Waals surface area contributed by atoms with Crippen LogP contribution in [0.1, 0.15) is 52.9 Å². The minimum atomic E-state index is 0.258. The summed E-state index contributed by atoms with van der Waals surface area (Å²) in [7, 11) is 0. The highest BCUT2D eigenvalue weighted by atomic mass is 16.1. The van der Waals surface area contributed by atoms with Crippen LogP contribution >= 0.6 is 0 Å². The molecule has 0 spiro atoms. The SMILES string of the molecule is CCC1CCC2CCC(=O)C=C2C1(C)C. The second-order valence-corrected chi connectivity index (χ2v) is 5.71. The van der Waals surface area contributed by atoms with E-state index in [1.165, 1.54) is 24.8 Å². The van der Waals surface area contributed by atoms with E-state index >= 15 is 0 Å². The standard InChI is InChI=1S/C14H22O/c1-4-11-7-5-10-6-8-12(15)9-13(10)14(11,2)3/h9-11H,4-8H2,1-3H3. The lowest BCUT2D eigenvalue weighted by Crippen LogP contribution is -2.36. The Labute approximate surface area is 92.9 Å². The molecule has 2 unspecified atom stereocenters. The van der Waals surface area contributed by atoms with E-state index in [0.717, 1.165) is 18.8 Å². The molecular weight excluding hydrogens is 184 g/mol. The summed E-state index contributed by atoms with van der Waals surface area (Å²) < 4.78 is 0. The van der Waals surface area contributed by atoms with Crippen LogP contribution in [0.2, 0.25) is 0 Å². The molecule has 1 fully saturated rings. The van der Waals surface area contributed by atoms with Crippen molar-refractivity contribution in [3.05, 3.63) is 11.6 Å². The fourth-order valence-corrected chi connectivity index (χ4v) is 3.56. The first-order chi connectivity index (χ1) is 7.05. The average Bonchev–Trinajstić information content (AvgIpc) is 2.19. The summed E-state index contributed by atoms with van der Waals surface area (Å²) >= 11 is 0. The second kappa shape index (κ2) is 3.77. The largest absolute Gasteiger partial charge is 0.295 e. The van der Waals surface area contributed by atoms with Gasteiger partial charge < -0.3 is 0 Å². The monoisotopic (exact) mass is 206 g/mol. The third kappa shape index (κ3) is 1.77. The summed E-state index contributed by atoms with van der Waals surface area (Å²) in [5, 5.41) is 0. The molecule has 2 aliphatic carbocycles. The minimum absolute atomic E-state index is 0.258. The molecule has 15 heavy (non-hydrogen) atoms. The number of ketones is 1. The van der Waals surface area contributed by atoms with E-state index in [2.05, 4.69) is 20.8 Å². The molecule has 1 heteroatoms. The van der Waals surface area contributed by atoms with Crippen LogP contribution in [0.15, 0.2) is 11.6 Å². The molecule has 0 saturated heterocycles. The first-order valence-corrected chi connectivity index (χ1v) is 6.30. The lowest BCUT2D eigenvalue weighted by atomic mass is 9.59. The lowest BCUT2D eigenvalue weighted by Gasteiger charge is -2.46. The van der Waals surface area contributed by atoms with Crippen LogP contribution in [0.4, 0.5) is 0 Å². The van der Waals surface area contributed by atoms with Crippen LogP contribution in [-0.4, -0.2) is 5.78 Å². The average molecular weight is 206 g/mol. The van der Waals surface area contributed by atoms with Crippen molar-refractivity contribution in [1.29, 1.82) is 0 Å². The van der Waals surface area contributed by atoms with Crippen molar-refractivity contribution in [2.45, 2.75) is 52.9 Å². The molecule has 2 aliphatic rings. The Bertz CT molecular complexity index is 298. The van der Waals surface area contributed by atoms with Crippen LogP contribution in [0.25, 0.3) is 0 Å². The fraction of sp³-hybridized carbons (Fsp3) is 0.786. The number of allylic oxidation sites excluding steroid dienone is 2. The van der Waals surface area contributed by atoms with E-state index in [-0.39, 0.29) is 5.41 Å². The smallest absolute Gasteiger partial charge is 0.155 e. The van der Waals surface area contributed by atoms with E-state index in [9.17, 15) is 4.79 Å². The van der Waals surface area contributed by atoms with Gasteiger partial charge in [0, 0.05) is 6.42 Å². The Balaban J connectivity index is 2.33. The zero-order valence-electron chi connectivity index (χ0n) is 10.2. The quantitative estimate of drug-likeness (QED) is 0.638. The van der Waals surface area contributed by atoms with Gasteiger partial charge in [-0.1, -0.05) is 32.8 Å². The molecule has 2 rings (SSSR count). The van der Waals surface area contributed by atoms with Crippen LogP contribution in [0.5, 0.6) is 0 Å². The zero-order valence-corrected chi connectivity index (χ0v) is 10.2. The van der Waals surface area contributed by atoms with Crippen LogP contribution in [-0.2, 0) is 4.79 Å². The first kappa shape index (κ1) is 10.9. The van der Waals surface area contributed by atoms with E-state index in [4.69, 9.17) is 0 Å². The highest BCUT2D eigenvalue weighted by Crippen LogP contribution is 2.51. The van der Waals surface area contributed by atoms with Crippen molar-refractivity contribution in [2.24, 2.45) is 17.3 Å². The van der Waals surface area contributed by atoms with Crippen molar-refractivity contribution in [1.82, 2.24) is 0 Å². The molecule has 0 bridgehead atoms. The van der Waals surface area contributed by atoms with Gasteiger partial charge in [0.1, 0.15) is 0 Å². The number of carbonyl (C=O) groups is 1. The van der Waals surface area contributed by atoms with Crippen molar-refractivity contribution in [2.75, 3.05) is 0 Å². The maximum atomic E-state index is 11.5. The molecule has 0 heterocycles. The van der Waals surface area contributed by atoms with Crippen molar-refractivity contribution < 1.29 is 4.79 Å².